The van der Waals surface area contributed by atoms with Gasteiger partial charge in [-0.15, -0.1) is 0 Å². The molecule has 1 rings (SSSR count). The highest BCUT2D eigenvalue weighted by Crippen LogP contribution is 2.26. The minimum Gasteiger partial charge on any atom is -0.478 e. The highest BCUT2D eigenvalue weighted by atomic mass is 127. The van der Waals surface area contributed by atoms with Gasteiger partial charge in [-0.2, -0.15) is 0 Å². The van der Waals surface area contributed by atoms with Crippen molar-refractivity contribution in [1.29, 1.82) is 0 Å². The maximum absolute atomic E-state index is 12.4. The molecule has 0 saturated heterocycles. The number of carbonyl (C=O) groups is 1. The highest BCUT2D eigenvalue weighted by molar-refractivity contribution is 14.1. The maximum Gasteiger partial charge on any atom is 0.338 e. The number of hydrogen-bond donors (Lipinski definition) is 2. The summed E-state index contributed by atoms with van der Waals surface area (Å²) in [5.41, 5.74) is 3.94. The van der Waals surface area contributed by atoms with Gasteiger partial charge in [-0.25, -0.2) is 18.6 Å². The zero-order valence-electron chi connectivity index (χ0n) is 6.67. The molecule has 0 saturated carbocycles. The van der Waals surface area contributed by atoms with Gasteiger partial charge in [0.15, 0.2) is 0 Å². The van der Waals surface area contributed by atoms with Crippen LogP contribution in [0.25, 0.3) is 0 Å². The molecule has 0 aromatic carbocycles. The normalized spacial score (nSPS) is 10.6. The molecule has 0 aliphatic heterocycles. The van der Waals surface area contributed by atoms with Gasteiger partial charge in [0.25, 0.3) is 6.43 Å². The Morgan fingerprint density at radius 2 is 2.21 bits per heavy atom. The number of hydrogen-bond acceptors (Lipinski definition) is 3. The second kappa shape index (κ2) is 4.03. The van der Waals surface area contributed by atoms with Gasteiger partial charge < -0.3 is 10.8 Å². The molecule has 0 aliphatic carbocycles. The van der Waals surface area contributed by atoms with Crippen molar-refractivity contribution in [3.05, 3.63) is 20.9 Å². The van der Waals surface area contributed by atoms with Crippen LogP contribution in [0.5, 0.6) is 0 Å². The van der Waals surface area contributed by atoms with Gasteiger partial charge in [-0.05, 0) is 28.7 Å². The molecule has 0 fully saturated rings. The fourth-order valence-corrected chi connectivity index (χ4v) is 1.75. The zero-order valence-corrected chi connectivity index (χ0v) is 8.83. The molecule has 0 bridgehead atoms. The van der Waals surface area contributed by atoms with Crippen LogP contribution < -0.4 is 5.73 Å². The Hall–Kier alpha value is -0.990. The molecule has 76 valence electrons. The summed E-state index contributed by atoms with van der Waals surface area (Å²) in [6, 6.07) is 1.23. The van der Waals surface area contributed by atoms with Gasteiger partial charge in [-0.3, -0.25) is 0 Å². The molecule has 0 aliphatic rings. The molecule has 14 heavy (non-hydrogen) atoms. The van der Waals surface area contributed by atoms with Crippen LogP contribution in [0.2, 0.25) is 0 Å². The Kier molecular flexibility index (Phi) is 3.19. The van der Waals surface area contributed by atoms with Crippen LogP contribution in [0.15, 0.2) is 6.07 Å². The van der Waals surface area contributed by atoms with Gasteiger partial charge >= 0.3 is 5.97 Å². The quantitative estimate of drug-likeness (QED) is 0.818. The lowest BCUT2D eigenvalue weighted by molar-refractivity contribution is 0.0681. The molecule has 7 heteroatoms. The molecule has 0 unspecified atom stereocenters. The summed E-state index contributed by atoms with van der Waals surface area (Å²) < 4.78 is 24.9. The van der Waals surface area contributed by atoms with E-state index in [2.05, 4.69) is 4.98 Å². The monoisotopic (exact) mass is 314 g/mol. The Labute approximate surface area is 91.3 Å². The molecule has 0 amide bonds. The molecule has 1 aromatic rings. The average molecular weight is 314 g/mol. The number of halogens is 3. The number of nitrogens with two attached hydrogens (primary N) is 1. The summed E-state index contributed by atoms with van der Waals surface area (Å²) >= 11 is 1.63. The Balaban J connectivity index is 3.44. The number of alkyl halides is 2. The van der Waals surface area contributed by atoms with Gasteiger partial charge in [0.2, 0.25) is 0 Å². The van der Waals surface area contributed by atoms with E-state index in [1.165, 1.54) is 6.07 Å². The molecule has 0 spiro atoms. The predicted molar refractivity (Wildman–Crippen MR) is 53.3 cm³/mol. The lowest BCUT2D eigenvalue weighted by Crippen LogP contribution is -2.10. The second-order valence-electron chi connectivity index (χ2n) is 2.40. The summed E-state index contributed by atoms with van der Waals surface area (Å²) in [6.07, 6.45) is -2.95. The number of anilines is 1. The van der Waals surface area contributed by atoms with E-state index >= 15 is 0 Å². The third-order valence-corrected chi connectivity index (χ3v) is 2.29. The Morgan fingerprint density at radius 3 is 2.64 bits per heavy atom. The van der Waals surface area contributed by atoms with Crippen LogP contribution in [-0.4, -0.2) is 16.1 Å². The van der Waals surface area contributed by atoms with Crippen LogP contribution >= 0.6 is 22.6 Å². The number of nitrogens with zero attached hydrogens (tertiary/aromatic N) is 1. The number of aromatic carboxylic acids is 1. The number of aromatic nitrogens is 1. The van der Waals surface area contributed by atoms with E-state index in [9.17, 15) is 13.6 Å². The number of nitrogen functional groups attached to an aromatic ring is 1. The topological polar surface area (TPSA) is 76.2 Å². The summed E-state index contributed by atoms with van der Waals surface area (Å²) in [5.74, 6) is -1.55. The van der Waals surface area contributed by atoms with Crippen LogP contribution in [0.3, 0.4) is 0 Å². The summed E-state index contributed by atoms with van der Waals surface area (Å²) in [7, 11) is 0. The number of rotatable bonds is 2. The molecular formula is C7H5F2IN2O2. The largest absolute Gasteiger partial charge is 0.478 e. The Morgan fingerprint density at radius 1 is 1.64 bits per heavy atom. The van der Waals surface area contributed by atoms with E-state index in [1.54, 1.807) is 22.6 Å². The third-order valence-electron chi connectivity index (χ3n) is 1.44. The SMILES string of the molecule is Nc1cc(I)c(C(=O)O)c(C(F)F)n1. The van der Waals surface area contributed by atoms with E-state index in [-0.39, 0.29) is 9.39 Å². The minimum atomic E-state index is -2.95. The van der Waals surface area contributed by atoms with Crippen LogP contribution in [0, 0.1) is 3.57 Å². The van der Waals surface area contributed by atoms with Gasteiger partial charge in [0.1, 0.15) is 17.1 Å². The van der Waals surface area contributed by atoms with Crippen molar-refractivity contribution in [2.24, 2.45) is 0 Å². The summed E-state index contributed by atoms with van der Waals surface area (Å²) in [6.45, 7) is 0. The van der Waals surface area contributed by atoms with Crippen molar-refractivity contribution in [1.82, 2.24) is 4.98 Å². The smallest absolute Gasteiger partial charge is 0.338 e. The third kappa shape index (κ3) is 2.08. The van der Waals surface area contributed by atoms with Crippen LogP contribution in [-0.2, 0) is 0 Å². The van der Waals surface area contributed by atoms with E-state index < -0.39 is 23.7 Å². The van der Waals surface area contributed by atoms with E-state index in [0.29, 0.717) is 0 Å². The average Bonchev–Trinajstić information content (AvgIpc) is 2.01. The maximum atomic E-state index is 12.4. The first kappa shape index (κ1) is 11.1. The standard InChI is InChI=1S/C7H5F2IN2O2/c8-6(9)5-4(7(13)14)2(10)1-3(11)12-5/h1,6H,(H2,11,12)(H,13,14). The van der Waals surface area contributed by atoms with Crippen molar-refractivity contribution < 1.29 is 18.7 Å². The van der Waals surface area contributed by atoms with E-state index in [4.69, 9.17) is 10.8 Å². The van der Waals surface area contributed by atoms with Crippen molar-refractivity contribution in [2.45, 2.75) is 6.43 Å². The fraction of sp³-hybridized carbons (Fsp3) is 0.143. The van der Waals surface area contributed by atoms with Crippen molar-refractivity contribution in [3.8, 4) is 0 Å². The molecule has 0 radical (unpaired) electrons. The lowest BCUT2D eigenvalue weighted by Gasteiger charge is -2.07. The molecule has 3 N–H and O–H groups in total. The van der Waals surface area contributed by atoms with Crippen molar-refractivity contribution in [2.75, 3.05) is 5.73 Å². The number of pyridine rings is 1. The van der Waals surface area contributed by atoms with Gasteiger partial charge in [-0.1, -0.05) is 0 Å². The molecule has 0 atom stereocenters. The molecule has 1 aromatic heterocycles. The van der Waals surface area contributed by atoms with E-state index in [1.807, 2.05) is 0 Å². The minimum absolute atomic E-state index is 0.116. The molecular weight excluding hydrogens is 309 g/mol. The fourth-order valence-electron chi connectivity index (χ4n) is 0.921. The lowest BCUT2D eigenvalue weighted by atomic mass is 10.2. The van der Waals surface area contributed by atoms with Crippen molar-refractivity contribution >= 4 is 34.4 Å². The van der Waals surface area contributed by atoms with Crippen molar-refractivity contribution in [3.63, 3.8) is 0 Å². The summed E-state index contributed by atoms with van der Waals surface area (Å²) in [4.78, 5) is 13.9. The van der Waals surface area contributed by atoms with Gasteiger partial charge in [0, 0.05) is 3.57 Å². The number of carboxylic acids is 1. The van der Waals surface area contributed by atoms with Gasteiger partial charge in [0.05, 0.1) is 0 Å². The molecule has 1 heterocycles. The first-order valence-electron chi connectivity index (χ1n) is 3.41. The van der Waals surface area contributed by atoms with Crippen LogP contribution in [0.4, 0.5) is 14.6 Å². The highest BCUT2D eigenvalue weighted by Gasteiger charge is 2.23. The first-order chi connectivity index (χ1) is 6.43. The first-order valence-corrected chi connectivity index (χ1v) is 4.48. The summed E-state index contributed by atoms with van der Waals surface area (Å²) in [5, 5.41) is 8.67. The second-order valence-corrected chi connectivity index (χ2v) is 3.56. The van der Waals surface area contributed by atoms with E-state index in [0.717, 1.165) is 0 Å². The molecule has 4 nitrogen and oxygen atoms in total. The Bertz CT molecular complexity index is 384. The zero-order chi connectivity index (χ0) is 10.9. The predicted octanol–water partition coefficient (Wildman–Crippen LogP) is 1.90. The van der Waals surface area contributed by atoms with Crippen LogP contribution in [0.1, 0.15) is 22.5 Å². The number of carboxylic acid groups (broad SMARTS) is 1.